The summed E-state index contributed by atoms with van der Waals surface area (Å²) in [5.41, 5.74) is 0.113. The van der Waals surface area contributed by atoms with Gasteiger partial charge >= 0.3 is 17.9 Å². The van der Waals surface area contributed by atoms with Crippen LogP contribution in [0.3, 0.4) is 0 Å². The standard InChI is InChI=1S/C17H20O6/c1-8(2)15(19)21-7-12(18)22-13-10-3-9-4-11-16(20)23-14(13)17(11,5-9)6-10/h9-11,13-14H,1,3-7H2,2H3. The maximum absolute atomic E-state index is 12.1. The van der Waals surface area contributed by atoms with E-state index in [-0.39, 0.29) is 34.9 Å². The van der Waals surface area contributed by atoms with E-state index in [9.17, 15) is 14.4 Å². The molecule has 4 fully saturated rings. The van der Waals surface area contributed by atoms with Gasteiger partial charge in [-0.15, -0.1) is 0 Å². The third kappa shape index (κ3) is 2.03. The first-order chi connectivity index (χ1) is 10.9. The van der Waals surface area contributed by atoms with Gasteiger partial charge in [0.25, 0.3) is 0 Å². The van der Waals surface area contributed by atoms with Crippen molar-refractivity contribution >= 4 is 17.9 Å². The lowest BCUT2D eigenvalue weighted by molar-refractivity contribution is -0.170. The molecule has 6 unspecified atom stereocenters. The maximum Gasteiger partial charge on any atom is 0.344 e. The molecule has 6 atom stereocenters. The molecule has 1 heterocycles. The molecule has 1 saturated heterocycles. The number of rotatable bonds is 4. The fraction of sp³-hybridized carbons (Fsp3) is 0.706. The lowest BCUT2D eigenvalue weighted by atomic mass is 9.73. The first kappa shape index (κ1) is 14.7. The number of ether oxygens (including phenoxy) is 3. The second-order valence-corrected chi connectivity index (χ2v) is 7.46. The van der Waals surface area contributed by atoms with Crippen LogP contribution in [0.4, 0.5) is 0 Å². The highest BCUT2D eigenvalue weighted by Crippen LogP contribution is 2.68. The number of carbonyl (C=O) groups excluding carboxylic acids is 3. The van der Waals surface area contributed by atoms with Crippen LogP contribution in [0.15, 0.2) is 12.2 Å². The van der Waals surface area contributed by atoms with Gasteiger partial charge in [-0.25, -0.2) is 9.59 Å². The quantitative estimate of drug-likeness (QED) is 0.442. The lowest BCUT2D eigenvalue weighted by Gasteiger charge is -2.28. The van der Waals surface area contributed by atoms with Crippen LogP contribution in [0, 0.1) is 23.2 Å². The average Bonchev–Trinajstić information content (AvgIpc) is 2.99. The monoisotopic (exact) mass is 320 g/mol. The number of fused-ring (bicyclic) bond motifs is 2. The Labute approximate surface area is 134 Å². The summed E-state index contributed by atoms with van der Waals surface area (Å²) in [5.74, 6) is -0.571. The fourth-order valence-corrected chi connectivity index (χ4v) is 5.31. The summed E-state index contributed by atoms with van der Waals surface area (Å²) in [6, 6.07) is 0. The molecule has 1 spiro atoms. The molecule has 6 heteroatoms. The second-order valence-electron chi connectivity index (χ2n) is 7.46. The van der Waals surface area contributed by atoms with E-state index >= 15 is 0 Å². The van der Waals surface area contributed by atoms with E-state index in [0.717, 1.165) is 25.7 Å². The zero-order valence-electron chi connectivity index (χ0n) is 13.1. The highest BCUT2D eigenvalue weighted by Gasteiger charge is 2.72. The van der Waals surface area contributed by atoms with E-state index in [4.69, 9.17) is 14.2 Å². The third-order valence-electron chi connectivity index (χ3n) is 6.00. The minimum Gasteiger partial charge on any atom is -0.458 e. The van der Waals surface area contributed by atoms with E-state index < -0.39 is 24.6 Å². The third-order valence-corrected chi connectivity index (χ3v) is 6.00. The zero-order chi connectivity index (χ0) is 16.4. The molecule has 124 valence electrons. The molecule has 3 saturated carbocycles. The molecule has 23 heavy (non-hydrogen) atoms. The van der Waals surface area contributed by atoms with Crippen molar-refractivity contribution in [2.24, 2.45) is 23.2 Å². The first-order valence-electron chi connectivity index (χ1n) is 8.13. The molecule has 0 aromatic heterocycles. The molecule has 1 aliphatic heterocycles. The number of hydrogen-bond donors (Lipinski definition) is 0. The zero-order valence-corrected chi connectivity index (χ0v) is 13.1. The number of carbonyl (C=O) groups is 3. The van der Waals surface area contributed by atoms with Crippen molar-refractivity contribution in [2.75, 3.05) is 6.61 Å². The molecule has 4 aliphatic rings. The lowest BCUT2D eigenvalue weighted by Crippen LogP contribution is -2.37. The van der Waals surface area contributed by atoms with Gasteiger partial charge in [0.2, 0.25) is 0 Å². The molecule has 0 amide bonds. The number of esters is 3. The predicted octanol–water partition coefficient (Wildman–Crippen LogP) is 1.38. The Morgan fingerprint density at radius 1 is 1.35 bits per heavy atom. The van der Waals surface area contributed by atoms with E-state index in [1.54, 1.807) is 0 Å². The van der Waals surface area contributed by atoms with Crippen LogP contribution >= 0.6 is 0 Å². The largest absolute Gasteiger partial charge is 0.458 e. The number of hydrogen-bond acceptors (Lipinski definition) is 6. The molecular formula is C17H20O6. The van der Waals surface area contributed by atoms with Gasteiger partial charge in [0.1, 0.15) is 12.2 Å². The van der Waals surface area contributed by atoms with E-state index in [1.165, 1.54) is 6.92 Å². The van der Waals surface area contributed by atoms with Crippen molar-refractivity contribution in [1.29, 1.82) is 0 Å². The molecule has 3 bridgehead atoms. The predicted molar refractivity (Wildman–Crippen MR) is 76.9 cm³/mol. The summed E-state index contributed by atoms with van der Waals surface area (Å²) in [6.45, 7) is 4.54. The van der Waals surface area contributed by atoms with Crippen LogP contribution in [0.2, 0.25) is 0 Å². The van der Waals surface area contributed by atoms with Crippen LogP contribution in [0.1, 0.15) is 32.6 Å². The van der Waals surface area contributed by atoms with Crippen molar-refractivity contribution < 1.29 is 28.6 Å². The Balaban J connectivity index is 1.45. The topological polar surface area (TPSA) is 78.9 Å². The smallest absolute Gasteiger partial charge is 0.344 e. The maximum atomic E-state index is 12.1. The van der Waals surface area contributed by atoms with Crippen molar-refractivity contribution in [3.63, 3.8) is 0 Å². The highest BCUT2D eigenvalue weighted by atomic mass is 16.6. The van der Waals surface area contributed by atoms with Crippen LogP contribution in [-0.4, -0.2) is 36.7 Å². The molecule has 4 rings (SSSR count). The summed E-state index contributed by atoms with van der Waals surface area (Å²) in [4.78, 5) is 35.5. The van der Waals surface area contributed by atoms with Gasteiger partial charge in [-0.05, 0) is 38.5 Å². The molecule has 0 aromatic carbocycles. The summed E-state index contributed by atoms with van der Waals surface area (Å²) in [6.07, 6.45) is 3.08. The minimum atomic E-state index is -0.614. The Morgan fingerprint density at radius 3 is 2.87 bits per heavy atom. The normalized spacial score (nSPS) is 42.3. The van der Waals surface area contributed by atoms with E-state index in [2.05, 4.69) is 6.58 Å². The van der Waals surface area contributed by atoms with Gasteiger partial charge in [0, 0.05) is 16.9 Å². The summed E-state index contributed by atoms with van der Waals surface area (Å²) < 4.78 is 16.0. The molecule has 6 nitrogen and oxygen atoms in total. The molecule has 0 N–H and O–H groups in total. The van der Waals surface area contributed by atoms with Gasteiger partial charge in [0.15, 0.2) is 6.61 Å². The average molecular weight is 320 g/mol. The van der Waals surface area contributed by atoms with E-state index in [1.807, 2.05) is 0 Å². The Hall–Kier alpha value is -1.85. The van der Waals surface area contributed by atoms with Gasteiger partial charge in [-0.1, -0.05) is 6.58 Å². The van der Waals surface area contributed by atoms with Crippen LogP contribution < -0.4 is 0 Å². The van der Waals surface area contributed by atoms with Crippen LogP contribution in [-0.2, 0) is 28.6 Å². The SMILES string of the molecule is C=C(C)C(=O)OCC(=O)OC1C2CC3CC4C(=O)OC1C4(C3)C2. The van der Waals surface area contributed by atoms with Crippen molar-refractivity contribution in [1.82, 2.24) is 0 Å². The Bertz CT molecular complexity index is 610. The van der Waals surface area contributed by atoms with Crippen LogP contribution in [0.25, 0.3) is 0 Å². The van der Waals surface area contributed by atoms with Crippen molar-refractivity contribution in [3.8, 4) is 0 Å². The van der Waals surface area contributed by atoms with Gasteiger partial charge < -0.3 is 14.2 Å². The highest BCUT2D eigenvalue weighted by molar-refractivity contribution is 5.88. The van der Waals surface area contributed by atoms with Crippen molar-refractivity contribution in [3.05, 3.63) is 12.2 Å². The summed E-state index contributed by atoms with van der Waals surface area (Å²) in [7, 11) is 0. The summed E-state index contributed by atoms with van der Waals surface area (Å²) >= 11 is 0. The van der Waals surface area contributed by atoms with E-state index in [0.29, 0.717) is 5.92 Å². The summed E-state index contributed by atoms with van der Waals surface area (Å²) in [5, 5.41) is 0. The van der Waals surface area contributed by atoms with Gasteiger partial charge in [-0.3, -0.25) is 4.79 Å². The molecule has 3 aliphatic carbocycles. The molecule has 0 radical (unpaired) electrons. The minimum absolute atomic E-state index is 0.0209. The van der Waals surface area contributed by atoms with Gasteiger partial charge in [0.05, 0.1) is 5.92 Å². The Morgan fingerprint density at radius 2 is 2.13 bits per heavy atom. The Kier molecular flexibility index (Phi) is 3.09. The van der Waals surface area contributed by atoms with Crippen molar-refractivity contribution in [2.45, 2.75) is 44.8 Å². The van der Waals surface area contributed by atoms with Gasteiger partial charge in [-0.2, -0.15) is 0 Å². The molecule has 0 aromatic rings. The molecular weight excluding hydrogens is 300 g/mol. The van der Waals surface area contributed by atoms with Crippen LogP contribution in [0.5, 0.6) is 0 Å². The first-order valence-corrected chi connectivity index (χ1v) is 8.13. The fourth-order valence-electron chi connectivity index (χ4n) is 5.31. The second kappa shape index (κ2) is 4.82.